The maximum atomic E-state index is 14.8. The molecule has 5 aromatic rings. The van der Waals surface area contributed by atoms with Gasteiger partial charge in [0.1, 0.15) is 5.82 Å². The minimum atomic E-state index is -0.296. The third-order valence-corrected chi connectivity index (χ3v) is 8.10. The fourth-order valence-electron chi connectivity index (χ4n) is 5.90. The van der Waals surface area contributed by atoms with Gasteiger partial charge in [0.25, 0.3) is 0 Å². The van der Waals surface area contributed by atoms with Crippen molar-refractivity contribution in [3.8, 4) is 22.5 Å². The molecule has 9 heteroatoms. The number of hydrogen-bond acceptors (Lipinski definition) is 6. The van der Waals surface area contributed by atoms with Gasteiger partial charge in [0, 0.05) is 71.7 Å². The summed E-state index contributed by atoms with van der Waals surface area (Å²) in [4.78, 5) is 17.3. The Morgan fingerprint density at radius 2 is 1.89 bits per heavy atom. The van der Waals surface area contributed by atoms with Crippen LogP contribution < -0.4 is 5.32 Å². The normalized spacial score (nSPS) is 14.2. The summed E-state index contributed by atoms with van der Waals surface area (Å²) in [6.07, 6.45) is 11.9. The quantitative estimate of drug-likeness (QED) is 0.149. The third-order valence-electron chi connectivity index (χ3n) is 8.10. The van der Waals surface area contributed by atoms with Gasteiger partial charge in [0.05, 0.1) is 11.4 Å². The predicted molar refractivity (Wildman–Crippen MR) is 177 cm³/mol. The summed E-state index contributed by atoms with van der Waals surface area (Å²) in [6, 6.07) is 11.5. The van der Waals surface area contributed by atoms with E-state index in [0.29, 0.717) is 12.2 Å². The van der Waals surface area contributed by atoms with E-state index in [1.807, 2.05) is 51.8 Å². The molecule has 0 saturated carbocycles. The number of fused-ring (bicyclic) bond motifs is 1. The number of anilines is 1. The number of rotatable bonds is 11. The molecule has 0 amide bonds. The van der Waals surface area contributed by atoms with Crippen LogP contribution in [-0.4, -0.2) is 75.2 Å². The maximum Gasteiger partial charge on any atom is 0.181 e. The first kappa shape index (κ1) is 29.5. The van der Waals surface area contributed by atoms with E-state index in [-0.39, 0.29) is 5.82 Å². The van der Waals surface area contributed by atoms with E-state index in [1.165, 1.54) is 24.5 Å². The number of aromatic amines is 2. The Kier molecular flexibility index (Phi) is 8.67. The molecule has 6 rings (SSSR count). The third kappa shape index (κ3) is 6.49. The lowest BCUT2D eigenvalue weighted by atomic mass is 9.96. The monoisotopic (exact) mass is 590 g/mol. The zero-order valence-electron chi connectivity index (χ0n) is 25.6. The SMILES string of the molecule is C=C/C=C(/c1cc(F)cc(NCCN(C)C)c1)c1cc(-c2[nH]nc3ncc(-c4cncc(CN5CCCC5)c4)cc23)[nH]c1C. The Morgan fingerprint density at radius 1 is 1.07 bits per heavy atom. The van der Waals surface area contributed by atoms with Gasteiger partial charge in [0.15, 0.2) is 5.65 Å². The molecule has 0 bridgehead atoms. The molecule has 0 aliphatic carbocycles. The number of allylic oxidation sites excluding steroid dienone is 2. The van der Waals surface area contributed by atoms with Crippen molar-refractivity contribution in [1.82, 2.24) is 34.9 Å². The highest BCUT2D eigenvalue weighted by atomic mass is 19.1. The van der Waals surface area contributed by atoms with Gasteiger partial charge in [-0.25, -0.2) is 9.37 Å². The molecule has 3 N–H and O–H groups in total. The zero-order chi connectivity index (χ0) is 30.6. The molecule has 0 spiro atoms. The molecular formula is C35H39FN8. The molecule has 8 nitrogen and oxygen atoms in total. The first-order chi connectivity index (χ1) is 21.4. The number of likely N-dealkylation sites (N-methyl/N-ethyl adjacent to an activating group) is 1. The van der Waals surface area contributed by atoms with Crippen LogP contribution >= 0.6 is 0 Å². The molecule has 1 aliphatic heterocycles. The van der Waals surface area contributed by atoms with Gasteiger partial charge < -0.3 is 15.2 Å². The Balaban J connectivity index is 1.32. The highest BCUT2D eigenvalue weighted by Gasteiger charge is 2.18. The van der Waals surface area contributed by atoms with Crippen molar-refractivity contribution in [2.24, 2.45) is 0 Å². The molecular weight excluding hydrogens is 551 g/mol. The molecule has 0 atom stereocenters. The summed E-state index contributed by atoms with van der Waals surface area (Å²) in [5.74, 6) is -0.296. The highest BCUT2D eigenvalue weighted by Crippen LogP contribution is 2.35. The van der Waals surface area contributed by atoms with Crippen LogP contribution in [0.25, 0.3) is 39.1 Å². The van der Waals surface area contributed by atoms with Gasteiger partial charge in [-0.3, -0.25) is 15.0 Å². The number of nitrogens with one attached hydrogen (secondary N) is 3. The van der Waals surface area contributed by atoms with E-state index in [9.17, 15) is 4.39 Å². The lowest BCUT2D eigenvalue weighted by molar-refractivity contribution is 0.331. The molecule has 1 saturated heterocycles. The average Bonchev–Trinajstić information content (AvgIpc) is 3.75. The van der Waals surface area contributed by atoms with E-state index >= 15 is 0 Å². The Morgan fingerprint density at radius 3 is 2.68 bits per heavy atom. The van der Waals surface area contributed by atoms with Gasteiger partial charge in [-0.05, 0) is 100 Å². The summed E-state index contributed by atoms with van der Waals surface area (Å²) >= 11 is 0. The topological polar surface area (TPSA) is 88.8 Å². The van der Waals surface area contributed by atoms with Gasteiger partial charge in [0.2, 0.25) is 0 Å². The Labute approximate surface area is 257 Å². The van der Waals surface area contributed by atoms with E-state index in [4.69, 9.17) is 0 Å². The van der Waals surface area contributed by atoms with Crippen molar-refractivity contribution in [2.75, 3.05) is 45.6 Å². The second-order valence-corrected chi connectivity index (χ2v) is 11.8. The van der Waals surface area contributed by atoms with Gasteiger partial charge in [-0.15, -0.1) is 0 Å². The lowest BCUT2D eigenvalue weighted by Gasteiger charge is -2.14. The number of nitrogens with zero attached hydrogens (tertiary/aromatic N) is 5. The largest absolute Gasteiger partial charge is 0.384 e. The molecule has 1 fully saturated rings. The van der Waals surface area contributed by atoms with Crippen molar-refractivity contribution in [1.29, 1.82) is 0 Å². The molecule has 0 unspecified atom stereocenters. The fourth-order valence-corrected chi connectivity index (χ4v) is 5.90. The number of pyridine rings is 2. The lowest BCUT2D eigenvalue weighted by Crippen LogP contribution is -2.20. The molecule has 5 heterocycles. The van der Waals surface area contributed by atoms with Crippen molar-refractivity contribution in [3.05, 3.63) is 102 Å². The van der Waals surface area contributed by atoms with Crippen LogP contribution in [0.3, 0.4) is 0 Å². The highest BCUT2D eigenvalue weighted by molar-refractivity contribution is 5.94. The van der Waals surface area contributed by atoms with Crippen molar-refractivity contribution >= 4 is 22.3 Å². The van der Waals surface area contributed by atoms with Crippen molar-refractivity contribution in [3.63, 3.8) is 0 Å². The zero-order valence-corrected chi connectivity index (χ0v) is 25.6. The fraction of sp³-hybridized carbons (Fsp3) is 0.286. The van der Waals surface area contributed by atoms with E-state index in [1.54, 1.807) is 12.1 Å². The van der Waals surface area contributed by atoms with Crippen LogP contribution in [0.1, 0.15) is 35.2 Å². The number of hydrogen-bond donors (Lipinski definition) is 3. The van der Waals surface area contributed by atoms with Crippen LogP contribution in [0, 0.1) is 12.7 Å². The molecule has 0 radical (unpaired) electrons. The van der Waals surface area contributed by atoms with Crippen molar-refractivity contribution in [2.45, 2.75) is 26.3 Å². The summed E-state index contributed by atoms with van der Waals surface area (Å²) in [7, 11) is 4.03. The second kappa shape index (κ2) is 13.0. The van der Waals surface area contributed by atoms with E-state index in [0.717, 1.165) is 82.2 Å². The summed E-state index contributed by atoms with van der Waals surface area (Å²) in [5.41, 5.74) is 9.86. The molecule has 4 aromatic heterocycles. The van der Waals surface area contributed by atoms with Gasteiger partial charge in [-0.2, -0.15) is 5.10 Å². The Bertz CT molecular complexity index is 1810. The standard InChI is InChI=1S/C35H39FN8/c1-5-8-30(25-14-28(36)17-29(15-25)38-9-12-43(3)4)31-18-33(40-23(31)2)34-32-16-27(21-39-35(32)42-41-34)26-13-24(19-37-20-26)22-44-10-6-7-11-44/h5,8,13-21,38,40H,1,6-7,9-12,22H2,2-4H3,(H,39,41,42)/b30-8-. The van der Waals surface area contributed by atoms with Crippen LogP contribution in [-0.2, 0) is 6.54 Å². The average molecular weight is 591 g/mol. The number of likely N-dealkylation sites (tertiary alicyclic amines) is 1. The van der Waals surface area contributed by atoms with Crippen LogP contribution in [0.2, 0.25) is 0 Å². The first-order valence-electron chi connectivity index (χ1n) is 15.1. The molecule has 1 aromatic carbocycles. The number of aromatic nitrogens is 5. The predicted octanol–water partition coefficient (Wildman–Crippen LogP) is 6.65. The van der Waals surface area contributed by atoms with E-state index in [2.05, 4.69) is 65.0 Å². The summed E-state index contributed by atoms with van der Waals surface area (Å²) in [5, 5.41) is 11.9. The summed E-state index contributed by atoms with van der Waals surface area (Å²) in [6.45, 7) is 10.7. The molecule has 226 valence electrons. The number of H-pyrrole nitrogens is 2. The molecule has 1 aliphatic rings. The number of benzene rings is 1. The Hall–Kier alpha value is -4.60. The maximum absolute atomic E-state index is 14.8. The minimum absolute atomic E-state index is 0.296. The van der Waals surface area contributed by atoms with Crippen LogP contribution in [0.15, 0.2) is 73.7 Å². The summed E-state index contributed by atoms with van der Waals surface area (Å²) < 4.78 is 14.8. The smallest absolute Gasteiger partial charge is 0.181 e. The van der Waals surface area contributed by atoms with Gasteiger partial charge >= 0.3 is 0 Å². The molecule has 44 heavy (non-hydrogen) atoms. The van der Waals surface area contributed by atoms with Crippen LogP contribution in [0.5, 0.6) is 0 Å². The second-order valence-electron chi connectivity index (χ2n) is 11.8. The van der Waals surface area contributed by atoms with Crippen LogP contribution in [0.4, 0.5) is 10.1 Å². The number of halogens is 1. The first-order valence-corrected chi connectivity index (χ1v) is 15.1. The van der Waals surface area contributed by atoms with Gasteiger partial charge in [-0.1, -0.05) is 18.7 Å². The number of aryl methyl sites for hydroxylation is 1. The van der Waals surface area contributed by atoms with Crippen molar-refractivity contribution < 1.29 is 4.39 Å². The minimum Gasteiger partial charge on any atom is -0.384 e. The van der Waals surface area contributed by atoms with E-state index < -0.39 is 0 Å².